The molecule has 0 radical (unpaired) electrons. The number of aliphatic carboxylic acids is 1. The summed E-state index contributed by atoms with van der Waals surface area (Å²) in [5.74, 6) is -1.27. The van der Waals surface area contributed by atoms with E-state index in [0.717, 1.165) is 0 Å². The Kier molecular flexibility index (Phi) is 4.92. The van der Waals surface area contributed by atoms with Crippen LogP contribution in [0.2, 0.25) is 0 Å². The first-order valence-electron chi connectivity index (χ1n) is 6.33. The van der Waals surface area contributed by atoms with E-state index in [1.165, 1.54) is 0 Å². The van der Waals surface area contributed by atoms with Crippen molar-refractivity contribution in [2.45, 2.75) is 33.1 Å². The second-order valence-electron chi connectivity index (χ2n) is 4.60. The van der Waals surface area contributed by atoms with Gasteiger partial charge < -0.3 is 16.2 Å². The second-order valence-corrected chi connectivity index (χ2v) is 4.60. The van der Waals surface area contributed by atoms with Gasteiger partial charge in [0, 0.05) is 6.42 Å². The van der Waals surface area contributed by atoms with Crippen LogP contribution in [0.3, 0.4) is 0 Å². The van der Waals surface area contributed by atoms with Gasteiger partial charge in [-0.25, -0.2) is 0 Å². The average molecular weight is 264 g/mol. The van der Waals surface area contributed by atoms with Crippen LogP contribution in [-0.2, 0) is 9.59 Å². The Balaban J connectivity index is 2.80. The molecule has 5 nitrogen and oxygen atoms in total. The molecule has 1 aromatic rings. The van der Waals surface area contributed by atoms with Crippen LogP contribution in [0.15, 0.2) is 24.3 Å². The fourth-order valence-corrected chi connectivity index (χ4v) is 1.99. The van der Waals surface area contributed by atoms with Crippen molar-refractivity contribution in [3.8, 4) is 0 Å². The maximum Gasteiger partial charge on any atom is 0.310 e. The lowest BCUT2D eigenvalue weighted by molar-refractivity contribution is -0.151. The van der Waals surface area contributed by atoms with Crippen LogP contribution in [0.1, 0.15) is 33.1 Å². The van der Waals surface area contributed by atoms with Gasteiger partial charge in [0.05, 0.1) is 16.8 Å². The molecule has 0 bridgehead atoms. The summed E-state index contributed by atoms with van der Waals surface area (Å²) in [5, 5.41) is 12.0. The first-order valence-corrected chi connectivity index (χ1v) is 6.33. The fourth-order valence-electron chi connectivity index (χ4n) is 1.99. The Labute approximate surface area is 112 Å². The van der Waals surface area contributed by atoms with Crippen LogP contribution in [0.4, 0.5) is 11.4 Å². The molecule has 0 aliphatic carbocycles. The van der Waals surface area contributed by atoms with E-state index < -0.39 is 11.4 Å². The SMILES string of the molecule is CCC(CC)(CC(=O)Nc1ccccc1N)C(=O)O. The van der Waals surface area contributed by atoms with E-state index in [1.54, 1.807) is 38.1 Å². The highest BCUT2D eigenvalue weighted by molar-refractivity contribution is 5.96. The standard InChI is InChI=1S/C14H20N2O3/c1-3-14(4-2,13(18)19)9-12(17)16-11-8-6-5-7-10(11)15/h5-8H,3-4,9,15H2,1-2H3,(H,16,17)(H,18,19). The van der Waals surface area contributed by atoms with Crippen LogP contribution in [0.5, 0.6) is 0 Å². The highest BCUT2D eigenvalue weighted by atomic mass is 16.4. The number of carboxylic acid groups (broad SMARTS) is 1. The number of nitrogens with two attached hydrogens (primary N) is 1. The van der Waals surface area contributed by atoms with Crippen molar-refractivity contribution < 1.29 is 14.7 Å². The van der Waals surface area contributed by atoms with Gasteiger partial charge in [-0.3, -0.25) is 9.59 Å². The zero-order valence-corrected chi connectivity index (χ0v) is 11.3. The number of carbonyl (C=O) groups excluding carboxylic acids is 1. The number of rotatable bonds is 6. The number of amides is 1. The molecule has 0 fully saturated rings. The molecule has 4 N–H and O–H groups in total. The van der Waals surface area contributed by atoms with Gasteiger partial charge >= 0.3 is 5.97 Å². The van der Waals surface area contributed by atoms with Crippen molar-refractivity contribution in [3.05, 3.63) is 24.3 Å². The molecule has 1 rings (SSSR count). The van der Waals surface area contributed by atoms with Crippen LogP contribution in [-0.4, -0.2) is 17.0 Å². The second kappa shape index (κ2) is 6.22. The van der Waals surface area contributed by atoms with Crippen molar-refractivity contribution in [1.82, 2.24) is 0 Å². The van der Waals surface area contributed by atoms with Crippen LogP contribution < -0.4 is 11.1 Å². The smallest absolute Gasteiger partial charge is 0.310 e. The molecule has 104 valence electrons. The Morgan fingerprint density at radius 2 is 1.84 bits per heavy atom. The molecule has 0 unspecified atom stereocenters. The molecule has 0 atom stereocenters. The van der Waals surface area contributed by atoms with Gasteiger partial charge in [0.15, 0.2) is 0 Å². The van der Waals surface area contributed by atoms with Gasteiger partial charge in [0.25, 0.3) is 0 Å². The zero-order chi connectivity index (χ0) is 14.5. The van der Waals surface area contributed by atoms with Crippen molar-refractivity contribution in [2.75, 3.05) is 11.1 Å². The lowest BCUT2D eigenvalue weighted by Crippen LogP contribution is -2.34. The predicted molar refractivity (Wildman–Crippen MR) is 74.8 cm³/mol. The third-order valence-electron chi connectivity index (χ3n) is 3.54. The van der Waals surface area contributed by atoms with E-state index >= 15 is 0 Å². The topological polar surface area (TPSA) is 92.4 Å². The van der Waals surface area contributed by atoms with Crippen LogP contribution in [0.25, 0.3) is 0 Å². The molecule has 0 aliphatic rings. The molecule has 5 heteroatoms. The largest absolute Gasteiger partial charge is 0.481 e. The maximum absolute atomic E-state index is 12.0. The Morgan fingerprint density at radius 3 is 2.32 bits per heavy atom. The van der Waals surface area contributed by atoms with E-state index in [9.17, 15) is 14.7 Å². The summed E-state index contributed by atoms with van der Waals surface area (Å²) in [4.78, 5) is 23.3. The monoisotopic (exact) mass is 264 g/mol. The van der Waals surface area contributed by atoms with Gasteiger partial charge in [-0.2, -0.15) is 0 Å². The molecule has 0 heterocycles. The highest BCUT2D eigenvalue weighted by Crippen LogP contribution is 2.31. The van der Waals surface area contributed by atoms with Gasteiger partial charge in [-0.15, -0.1) is 0 Å². The van der Waals surface area contributed by atoms with Crippen molar-refractivity contribution >= 4 is 23.3 Å². The maximum atomic E-state index is 12.0. The van der Waals surface area contributed by atoms with Crippen molar-refractivity contribution in [1.29, 1.82) is 0 Å². The number of nitrogens with one attached hydrogen (secondary N) is 1. The summed E-state index contributed by atoms with van der Waals surface area (Å²) in [7, 11) is 0. The van der Waals surface area contributed by atoms with Gasteiger partial charge in [-0.05, 0) is 25.0 Å². The summed E-state index contributed by atoms with van der Waals surface area (Å²) in [6, 6.07) is 6.90. The Hall–Kier alpha value is -2.04. The van der Waals surface area contributed by atoms with Gasteiger partial charge in [0.2, 0.25) is 5.91 Å². The van der Waals surface area contributed by atoms with E-state index in [2.05, 4.69) is 5.32 Å². The van der Waals surface area contributed by atoms with Crippen molar-refractivity contribution in [3.63, 3.8) is 0 Å². The molecule has 0 aliphatic heterocycles. The minimum atomic E-state index is -1.01. The number of carboxylic acids is 1. The summed E-state index contributed by atoms with van der Waals surface area (Å²) < 4.78 is 0. The molecule has 1 aromatic carbocycles. The number of para-hydroxylation sites is 2. The predicted octanol–water partition coefficient (Wildman–Crippen LogP) is 2.49. The summed E-state index contributed by atoms with van der Waals surface area (Å²) in [6.45, 7) is 3.56. The van der Waals surface area contributed by atoms with Crippen LogP contribution >= 0.6 is 0 Å². The molecule has 19 heavy (non-hydrogen) atoms. The Morgan fingerprint density at radius 1 is 1.26 bits per heavy atom. The summed E-state index contributed by atoms with van der Waals surface area (Å²) >= 11 is 0. The number of hydrogen-bond donors (Lipinski definition) is 3. The highest BCUT2D eigenvalue weighted by Gasteiger charge is 2.37. The lowest BCUT2D eigenvalue weighted by Gasteiger charge is -2.25. The molecular formula is C14H20N2O3. The van der Waals surface area contributed by atoms with E-state index in [4.69, 9.17) is 5.73 Å². The zero-order valence-electron chi connectivity index (χ0n) is 11.3. The Bertz CT molecular complexity index is 468. The molecule has 0 aromatic heterocycles. The molecule has 0 spiro atoms. The minimum Gasteiger partial charge on any atom is -0.481 e. The number of carbonyl (C=O) groups is 2. The van der Waals surface area contributed by atoms with Gasteiger partial charge in [0.1, 0.15) is 0 Å². The van der Waals surface area contributed by atoms with Crippen molar-refractivity contribution in [2.24, 2.45) is 5.41 Å². The summed E-state index contributed by atoms with van der Waals surface area (Å²) in [5.41, 5.74) is 5.70. The lowest BCUT2D eigenvalue weighted by atomic mass is 9.79. The van der Waals surface area contributed by atoms with E-state index in [-0.39, 0.29) is 12.3 Å². The molecule has 1 amide bonds. The number of hydrogen-bond acceptors (Lipinski definition) is 3. The first kappa shape index (κ1) is 15.0. The van der Waals surface area contributed by atoms with Crippen LogP contribution in [0, 0.1) is 5.41 Å². The van der Waals surface area contributed by atoms with E-state index in [0.29, 0.717) is 24.2 Å². The fraction of sp³-hybridized carbons (Fsp3) is 0.429. The molecular weight excluding hydrogens is 244 g/mol. The number of nitrogen functional groups attached to an aromatic ring is 1. The normalized spacial score (nSPS) is 11.1. The third kappa shape index (κ3) is 3.47. The molecule has 0 saturated carbocycles. The summed E-state index contributed by atoms with van der Waals surface area (Å²) in [6.07, 6.45) is 0.775. The average Bonchev–Trinajstić information content (AvgIpc) is 2.38. The number of benzene rings is 1. The van der Waals surface area contributed by atoms with Gasteiger partial charge in [-0.1, -0.05) is 26.0 Å². The third-order valence-corrected chi connectivity index (χ3v) is 3.54. The quantitative estimate of drug-likeness (QED) is 0.688. The van der Waals surface area contributed by atoms with E-state index in [1.807, 2.05) is 0 Å². The number of anilines is 2. The minimum absolute atomic E-state index is 0.0519. The molecule has 0 saturated heterocycles. The first-order chi connectivity index (χ1) is 8.95.